The number of rotatable bonds is 5. The summed E-state index contributed by atoms with van der Waals surface area (Å²) in [4.78, 5) is 12.5. The van der Waals surface area contributed by atoms with Gasteiger partial charge >= 0.3 is 0 Å². The number of aryl methyl sites for hydroxylation is 1. The summed E-state index contributed by atoms with van der Waals surface area (Å²) in [5, 5.41) is 12.6. The highest BCUT2D eigenvalue weighted by Gasteiger charge is 2.13. The molecule has 4 nitrogen and oxygen atoms in total. The van der Waals surface area contributed by atoms with Crippen LogP contribution in [0.25, 0.3) is 6.08 Å². The lowest BCUT2D eigenvalue weighted by molar-refractivity contribution is -0.112. The smallest absolute Gasteiger partial charge is 0.266 e. The monoisotopic (exact) mass is 354 g/mol. The second-order valence-corrected chi connectivity index (χ2v) is 6.22. The van der Waals surface area contributed by atoms with Crippen molar-refractivity contribution in [3.8, 4) is 11.8 Å². The summed E-state index contributed by atoms with van der Waals surface area (Å²) in [6, 6.07) is 14.4. The molecule has 0 atom stereocenters. The third-order valence-electron chi connectivity index (χ3n) is 3.39. The first kappa shape index (κ1) is 18.6. The molecule has 1 N–H and O–H groups in total. The van der Waals surface area contributed by atoms with Gasteiger partial charge in [-0.1, -0.05) is 35.9 Å². The molecule has 128 valence electrons. The summed E-state index contributed by atoms with van der Waals surface area (Å²) in [6.07, 6.45) is 1.51. The molecular weight excluding hydrogens is 336 g/mol. The highest BCUT2D eigenvalue weighted by atomic mass is 35.5. The van der Waals surface area contributed by atoms with Crippen molar-refractivity contribution < 1.29 is 9.53 Å². The molecule has 0 aromatic heterocycles. The fourth-order valence-corrected chi connectivity index (χ4v) is 2.36. The Morgan fingerprint density at radius 1 is 1.28 bits per heavy atom. The largest absolute Gasteiger partial charge is 0.490 e. The maximum Gasteiger partial charge on any atom is 0.266 e. The van der Waals surface area contributed by atoms with Crippen molar-refractivity contribution in [3.63, 3.8) is 0 Å². The molecule has 0 aliphatic carbocycles. The van der Waals surface area contributed by atoms with Gasteiger partial charge in [-0.25, -0.2) is 0 Å². The summed E-state index contributed by atoms with van der Waals surface area (Å²) in [5.41, 5.74) is 2.09. The number of para-hydroxylation sites is 1. The van der Waals surface area contributed by atoms with Crippen LogP contribution in [0.4, 0.5) is 5.69 Å². The van der Waals surface area contributed by atoms with Crippen molar-refractivity contribution in [3.05, 3.63) is 64.2 Å². The third kappa shape index (κ3) is 5.10. The van der Waals surface area contributed by atoms with Crippen molar-refractivity contribution in [2.75, 3.05) is 5.32 Å². The lowest BCUT2D eigenvalue weighted by Crippen LogP contribution is -2.14. The minimum Gasteiger partial charge on any atom is -0.490 e. The zero-order valence-corrected chi connectivity index (χ0v) is 15.1. The number of hydrogen-bond acceptors (Lipinski definition) is 3. The third-order valence-corrected chi connectivity index (χ3v) is 3.63. The van der Waals surface area contributed by atoms with E-state index in [-0.39, 0.29) is 11.7 Å². The Balaban J connectivity index is 2.30. The number of nitrogens with one attached hydrogen (secondary N) is 1. The van der Waals surface area contributed by atoms with Crippen LogP contribution < -0.4 is 10.1 Å². The highest BCUT2D eigenvalue weighted by Crippen LogP contribution is 2.24. The summed E-state index contributed by atoms with van der Waals surface area (Å²) >= 11 is 5.97. The lowest BCUT2D eigenvalue weighted by Gasteiger charge is -2.12. The Kier molecular flexibility index (Phi) is 6.21. The van der Waals surface area contributed by atoms with Gasteiger partial charge in [-0.15, -0.1) is 0 Å². The fraction of sp³-hybridized carbons (Fsp3) is 0.200. The van der Waals surface area contributed by atoms with Crippen LogP contribution in [0.15, 0.2) is 48.0 Å². The summed E-state index contributed by atoms with van der Waals surface area (Å²) in [6.45, 7) is 5.69. The summed E-state index contributed by atoms with van der Waals surface area (Å²) in [5.74, 6) is 0.129. The summed E-state index contributed by atoms with van der Waals surface area (Å²) < 4.78 is 5.72. The van der Waals surface area contributed by atoms with Crippen molar-refractivity contribution in [1.82, 2.24) is 0 Å². The second-order valence-electron chi connectivity index (χ2n) is 5.79. The van der Waals surface area contributed by atoms with Crippen LogP contribution in [0.3, 0.4) is 0 Å². The Morgan fingerprint density at radius 3 is 2.68 bits per heavy atom. The number of benzene rings is 2. The number of carbonyl (C=O) groups excluding carboxylic acids is 1. The van der Waals surface area contributed by atoms with Crippen molar-refractivity contribution in [2.45, 2.75) is 26.9 Å². The van der Waals surface area contributed by atoms with Crippen LogP contribution in [0.5, 0.6) is 5.75 Å². The van der Waals surface area contributed by atoms with Crippen LogP contribution in [0, 0.1) is 18.3 Å². The molecule has 0 aliphatic heterocycles. The lowest BCUT2D eigenvalue weighted by atomic mass is 10.1. The van der Waals surface area contributed by atoms with Crippen LogP contribution in [0.2, 0.25) is 5.02 Å². The number of nitriles is 1. The average molecular weight is 355 g/mol. The quantitative estimate of drug-likeness (QED) is 0.608. The molecule has 2 rings (SSSR count). The van der Waals surface area contributed by atoms with E-state index >= 15 is 0 Å². The standard InChI is InChI=1S/C20H19ClN2O2/c1-13(2)25-19-7-5-4-6-15(19)10-16(12-22)20(24)23-18-11-17(21)9-8-14(18)3/h4-11,13H,1-3H3,(H,23,24)/b16-10+. The first-order valence-electron chi connectivity index (χ1n) is 7.85. The number of nitrogens with zero attached hydrogens (tertiary/aromatic N) is 1. The second kappa shape index (κ2) is 8.36. The van der Waals surface area contributed by atoms with Crippen molar-refractivity contribution >= 4 is 29.3 Å². The molecule has 0 fully saturated rings. The van der Waals surface area contributed by atoms with Gasteiger partial charge in [0.1, 0.15) is 17.4 Å². The fourth-order valence-electron chi connectivity index (χ4n) is 2.18. The topological polar surface area (TPSA) is 62.1 Å². The normalized spacial score (nSPS) is 11.1. The van der Waals surface area contributed by atoms with Gasteiger partial charge in [0.25, 0.3) is 5.91 Å². The van der Waals surface area contributed by atoms with Gasteiger partial charge < -0.3 is 10.1 Å². The van der Waals surface area contributed by atoms with Crippen LogP contribution in [-0.4, -0.2) is 12.0 Å². The van der Waals surface area contributed by atoms with Gasteiger partial charge in [0, 0.05) is 16.3 Å². The van der Waals surface area contributed by atoms with Gasteiger partial charge in [-0.2, -0.15) is 5.26 Å². The predicted molar refractivity (Wildman–Crippen MR) is 101 cm³/mol. The molecule has 1 amide bonds. The van der Waals surface area contributed by atoms with E-state index < -0.39 is 5.91 Å². The molecule has 0 aliphatic rings. The van der Waals surface area contributed by atoms with E-state index in [9.17, 15) is 10.1 Å². The molecule has 0 bridgehead atoms. The van der Waals surface area contributed by atoms with Crippen LogP contribution in [-0.2, 0) is 4.79 Å². The Bertz CT molecular complexity index is 851. The van der Waals surface area contributed by atoms with Gasteiger partial charge in [0.15, 0.2) is 0 Å². The van der Waals surface area contributed by atoms with E-state index in [0.717, 1.165) is 5.56 Å². The zero-order chi connectivity index (χ0) is 18.4. The molecule has 2 aromatic carbocycles. The number of ether oxygens (including phenoxy) is 1. The number of halogens is 1. The Morgan fingerprint density at radius 2 is 2.00 bits per heavy atom. The minimum atomic E-state index is -0.493. The number of hydrogen-bond donors (Lipinski definition) is 1. The van der Waals surface area contributed by atoms with E-state index in [1.54, 1.807) is 30.3 Å². The molecular formula is C20H19ClN2O2. The molecule has 5 heteroatoms. The van der Waals surface area contributed by atoms with E-state index in [2.05, 4.69) is 5.32 Å². The minimum absolute atomic E-state index is 0.0111. The molecule has 0 unspecified atom stereocenters. The van der Waals surface area contributed by atoms with Gasteiger partial charge in [-0.3, -0.25) is 4.79 Å². The number of carbonyl (C=O) groups is 1. The SMILES string of the molecule is Cc1ccc(Cl)cc1NC(=O)/C(C#N)=C/c1ccccc1OC(C)C. The first-order valence-corrected chi connectivity index (χ1v) is 8.23. The number of anilines is 1. The molecule has 0 spiro atoms. The highest BCUT2D eigenvalue weighted by molar-refractivity contribution is 6.31. The van der Waals surface area contributed by atoms with Gasteiger partial charge in [0.05, 0.1) is 6.10 Å². The molecule has 2 aromatic rings. The van der Waals surface area contributed by atoms with Crippen molar-refractivity contribution in [2.24, 2.45) is 0 Å². The van der Waals surface area contributed by atoms with Crippen LogP contribution >= 0.6 is 11.6 Å². The summed E-state index contributed by atoms with van der Waals surface area (Å²) in [7, 11) is 0. The molecule has 0 heterocycles. The van der Waals surface area contributed by atoms with Crippen molar-refractivity contribution in [1.29, 1.82) is 5.26 Å². The van der Waals surface area contributed by atoms with E-state index in [1.165, 1.54) is 6.08 Å². The average Bonchev–Trinajstić information content (AvgIpc) is 2.56. The molecule has 0 radical (unpaired) electrons. The predicted octanol–water partition coefficient (Wildman–Crippen LogP) is 4.98. The van der Waals surface area contributed by atoms with E-state index in [4.69, 9.17) is 16.3 Å². The Labute approximate surface area is 152 Å². The van der Waals surface area contributed by atoms with E-state index in [1.807, 2.05) is 39.0 Å². The zero-order valence-electron chi connectivity index (χ0n) is 14.3. The maximum atomic E-state index is 12.5. The maximum absolute atomic E-state index is 12.5. The van der Waals surface area contributed by atoms with E-state index in [0.29, 0.717) is 22.0 Å². The first-order chi connectivity index (χ1) is 11.9. The van der Waals surface area contributed by atoms with Gasteiger partial charge in [0.2, 0.25) is 0 Å². The molecule has 0 saturated heterocycles. The van der Waals surface area contributed by atoms with Crippen LogP contribution in [0.1, 0.15) is 25.0 Å². The Hall–Kier alpha value is -2.77. The number of amides is 1. The van der Waals surface area contributed by atoms with Gasteiger partial charge in [-0.05, 0) is 50.6 Å². The molecule has 25 heavy (non-hydrogen) atoms. The molecule has 0 saturated carbocycles.